The summed E-state index contributed by atoms with van der Waals surface area (Å²) in [6, 6.07) is 0. The summed E-state index contributed by atoms with van der Waals surface area (Å²) in [6.07, 6.45) is 0.472. The van der Waals surface area contributed by atoms with Crippen molar-refractivity contribution < 1.29 is 17.9 Å². The summed E-state index contributed by atoms with van der Waals surface area (Å²) in [5, 5.41) is 6.86. The Hall–Kier alpha value is -1.24. The smallest absolute Gasteiger partial charge is 0.408 e. The lowest BCUT2D eigenvalue weighted by Crippen LogP contribution is -2.62. The van der Waals surface area contributed by atoms with E-state index in [-0.39, 0.29) is 6.10 Å². The van der Waals surface area contributed by atoms with Crippen LogP contribution in [0.5, 0.6) is 5.75 Å². The van der Waals surface area contributed by atoms with E-state index in [1.807, 2.05) is 0 Å². The molecule has 0 unspecified atom stereocenters. The fraction of sp³-hybridized carbons (Fsp3) is 0.727. The van der Waals surface area contributed by atoms with Crippen LogP contribution in [0.4, 0.5) is 13.2 Å². The van der Waals surface area contributed by atoms with Crippen LogP contribution >= 0.6 is 0 Å². The number of nitrogens with one attached hydrogen (secondary N) is 1. The molecule has 1 aliphatic heterocycles. The van der Waals surface area contributed by atoms with Crippen molar-refractivity contribution in [3.05, 3.63) is 12.4 Å². The molecule has 4 nitrogen and oxygen atoms in total. The third-order valence-electron chi connectivity index (χ3n) is 3.57. The summed E-state index contributed by atoms with van der Waals surface area (Å²) in [4.78, 5) is 0. The van der Waals surface area contributed by atoms with Gasteiger partial charge >= 0.3 is 6.18 Å². The second kappa shape index (κ2) is 3.88. The standard InChI is InChI=1S/C11H14F3N3O/c12-11(13,14)7-17-4-9(3-16-17)18-8-1-10(2-8)5-15-6-10/h3-4,8,15H,1-2,5-7H2. The quantitative estimate of drug-likeness (QED) is 0.897. The average molecular weight is 261 g/mol. The van der Waals surface area contributed by atoms with Crippen molar-refractivity contribution in [1.82, 2.24) is 15.1 Å². The van der Waals surface area contributed by atoms with Gasteiger partial charge in [-0.1, -0.05) is 0 Å². The van der Waals surface area contributed by atoms with Crippen LogP contribution < -0.4 is 10.1 Å². The van der Waals surface area contributed by atoms with Crippen molar-refractivity contribution in [1.29, 1.82) is 0 Å². The summed E-state index contributed by atoms with van der Waals surface area (Å²) in [6.45, 7) is 0.981. The Morgan fingerprint density at radius 3 is 2.72 bits per heavy atom. The van der Waals surface area contributed by atoms with E-state index in [9.17, 15) is 13.2 Å². The Morgan fingerprint density at radius 2 is 2.17 bits per heavy atom. The van der Waals surface area contributed by atoms with Crippen LogP contribution in [-0.2, 0) is 6.54 Å². The largest absolute Gasteiger partial charge is 0.487 e. The van der Waals surface area contributed by atoms with Crippen molar-refractivity contribution in [2.75, 3.05) is 13.1 Å². The minimum Gasteiger partial charge on any atom is -0.487 e. The fourth-order valence-corrected chi connectivity index (χ4v) is 2.62. The predicted octanol–water partition coefficient (Wildman–Crippen LogP) is 1.58. The van der Waals surface area contributed by atoms with Crippen LogP contribution in [0, 0.1) is 5.41 Å². The Balaban J connectivity index is 1.52. The first kappa shape index (κ1) is 11.8. The van der Waals surface area contributed by atoms with Crippen LogP contribution in [0.25, 0.3) is 0 Å². The molecule has 2 aliphatic rings. The molecule has 3 rings (SSSR count). The molecule has 1 N–H and O–H groups in total. The molecule has 0 amide bonds. The van der Waals surface area contributed by atoms with E-state index in [4.69, 9.17) is 4.74 Å². The van der Waals surface area contributed by atoms with Crippen molar-refractivity contribution in [3.63, 3.8) is 0 Å². The molecule has 0 radical (unpaired) electrons. The maximum Gasteiger partial charge on any atom is 0.408 e. The average Bonchev–Trinajstić information content (AvgIpc) is 2.52. The van der Waals surface area contributed by atoms with E-state index in [1.165, 1.54) is 12.4 Å². The maximum atomic E-state index is 12.1. The molecule has 0 atom stereocenters. The molecule has 1 aromatic rings. The van der Waals surface area contributed by atoms with Gasteiger partial charge in [0.25, 0.3) is 0 Å². The Bertz CT molecular complexity index is 431. The lowest BCUT2D eigenvalue weighted by molar-refractivity contribution is -0.142. The minimum absolute atomic E-state index is 0.121. The number of aromatic nitrogens is 2. The number of alkyl halides is 3. The topological polar surface area (TPSA) is 39.1 Å². The molecule has 1 spiro atoms. The van der Waals surface area contributed by atoms with E-state index in [0.29, 0.717) is 11.2 Å². The number of ether oxygens (including phenoxy) is 1. The summed E-state index contributed by atoms with van der Waals surface area (Å²) in [5.41, 5.74) is 0.395. The first-order valence-electron chi connectivity index (χ1n) is 5.91. The van der Waals surface area contributed by atoms with Gasteiger partial charge in [-0.05, 0) is 12.8 Å². The SMILES string of the molecule is FC(F)(F)Cn1cc(OC2CC3(CNC3)C2)cn1. The molecule has 18 heavy (non-hydrogen) atoms. The zero-order chi connectivity index (χ0) is 12.8. The van der Waals surface area contributed by atoms with E-state index in [2.05, 4.69) is 10.4 Å². The highest BCUT2D eigenvalue weighted by Gasteiger charge is 2.49. The Labute approximate surface area is 102 Å². The summed E-state index contributed by atoms with van der Waals surface area (Å²) < 4.78 is 42.9. The first-order valence-corrected chi connectivity index (χ1v) is 5.91. The van der Waals surface area contributed by atoms with Gasteiger partial charge in [-0.15, -0.1) is 0 Å². The van der Waals surface area contributed by atoms with Gasteiger partial charge in [0.15, 0.2) is 5.75 Å². The number of halogens is 3. The molecule has 0 aromatic carbocycles. The number of rotatable bonds is 3. The second-order valence-electron chi connectivity index (χ2n) is 5.24. The van der Waals surface area contributed by atoms with Crippen molar-refractivity contribution in [3.8, 4) is 5.75 Å². The van der Waals surface area contributed by atoms with Crippen LogP contribution in [0.2, 0.25) is 0 Å². The summed E-state index contributed by atoms with van der Waals surface area (Å²) in [5.74, 6) is 0.423. The highest BCUT2D eigenvalue weighted by Crippen LogP contribution is 2.45. The third kappa shape index (κ3) is 2.31. The van der Waals surface area contributed by atoms with Gasteiger partial charge < -0.3 is 10.1 Å². The monoisotopic (exact) mass is 261 g/mol. The Morgan fingerprint density at radius 1 is 1.44 bits per heavy atom. The Kier molecular flexibility index (Phi) is 2.55. The molecule has 0 bridgehead atoms. The lowest BCUT2D eigenvalue weighted by atomic mass is 9.63. The predicted molar refractivity (Wildman–Crippen MR) is 57.2 cm³/mol. The van der Waals surface area contributed by atoms with Gasteiger partial charge in [0, 0.05) is 18.5 Å². The molecule has 7 heteroatoms. The van der Waals surface area contributed by atoms with E-state index >= 15 is 0 Å². The number of hydrogen-bond donors (Lipinski definition) is 1. The molecule has 2 fully saturated rings. The summed E-state index contributed by atoms with van der Waals surface area (Å²) >= 11 is 0. The normalized spacial score (nSPS) is 22.6. The maximum absolute atomic E-state index is 12.1. The molecule has 1 saturated heterocycles. The van der Waals surface area contributed by atoms with Crippen molar-refractivity contribution >= 4 is 0 Å². The zero-order valence-corrected chi connectivity index (χ0v) is 9.70. The van der Waals surface area contributed by atoms with Gasteiger partial charge in [-0.25, -0.2) is 0 Å². The lowest BCUT2D eigenvalue weighted by Gasteiger charge is -2.53. The van der Waals surface area contributed by atoms with E-state index < -0.39 is 12.7 Å². The van der Waals surface area contributed by atoms with Crippen LogP contribution in [0.1, 0.15) is 12.8 Å². The molecule has 2 heterocycles. The molecule has 1 aromatic heterocycles. The van der Waals surface area contributed by atoms with Crippen LogP contribution in [0.3, 0.4) is 0 Å². The first-order chi connectivity index (χ1) is 8.44. The molecule has 1 saturated carbocycles. The highest BCUT2D eigenvalue weighted by atomic mass is 19.4. The minimum atomic E-state index is -4.25. The second-order valence-corrected chi connectivity index (χ2v) is 5.24. The van der Waals surface area contributed by atoms with Crippen molar-refractivity contribution in [2.24, 2.45) is 5.41 Å². The highest BCUT2D eigenvalue weighted by molar-refractivity contribution is 5.15. The number of hydrogen-bond acceptors (Lipinski definition) is 3. The van der Waals surface area contributed by atoms with Crippen LogP contribution in [0.15, 0.2) is 12.4 Å². The van der Waals surface area contributed by atoms with Gasteiger partial charge in [-0.2, -0.15) is 18.3 Å². The van der Waals surface area contributed by atoms with Crippen molar-refractivity contribution in [2.45, 2.75) is 31.7 Å². The molecular formula is C11H14F3N3O. The molecule has 1 aliphatic carbocycles. The third-order valence-corrected chi connectivity index (χ3v) is 3.57. The van der Waals surface area contributed by atoms with E-state index in [0.717, 1.165) is 30.6 Å². The van der Waals surface area contributed by atoms with Gasteiger partial charge in [-0.3, -0.25) is 4.68 Å². The van der Waals surface area contributed by atoms with Gasteiger partial charge in [0.05, 0.1) is 12.4 Å². The molecule has 100 valence electrons. The van der Waals surface area contributed by atoms with E-state index in [1.54, 1.807) is 0 Å². The van der Waals surface area contributed by atoms with Gasteiger partial charge in [0.1, 0.15) is 12.6 Å². The molecular weight excluding hydrogens is 247 g/mol. The zero-order valence-electron chi connectivity index (χ0n) is 9.70. The van der Waals surface area contributed by atoms with Gasteiger partial charge in [0.2, 0.25) is 0 Å². The van der Waals surface area contributed by atoms with Crippen LogP contribution in [-0.4, -0.2) is 35.2 Å². The summed E-state index contributed by atoms with van der Waals surface area (Å²) in [7, 11) is 0. The fourth-order valence-electron chi connectivity index (χ4n) is 2.62. The number of nitrogens with zero attached hydrogens (tertiary/aromatic N) is 2.